The summed E-state index contributed by atoms with van der Waals surface area (Å²) in [6.45, 7) is 3.71. The number of aliphatic hydroxyl groups excluding tert-OH is 1. The van der Waals surface area contributed by atoms with E-state index in [2.05, 4.69) is 12.2 Å². The van der Waals surface area contributed by atoms with Crippen molar-refractivity contribution in [3.05, 3.63) is 0 Å². The van der Waals surface area contributed by atoms with Crippen LogP contribution < -0.4 is 11.1 Å². The molecular weight excluding hydrogens is 248 g/mol. The monoisotopic (exact) mass is 274 g/mol. The average molecular weight is 274 g/mol. The topological polar surface area (TPSA) is 113 Å². The van der Waals surface area contributed by atoms with E-state index < -0.39 is 30.4 Å². The van der Waals surface area contributed by atoms with Gasteiger partial charge in [0.25, 0.3) is 0 Å². The molecule has 19 heavy (non-hydrogen) atoms. The third kappa shape index (κ3) is 8.56. The molecule has 3 atom stereocenters. The molecule has 0 radical (unpaired) electrons. The Morgan fingerprint density at radius 1 is 1.26 bits per heavy atom. The zero-order valence-electron chi connectivity index (χ0n) is 11.8. The minimum absolute atomic E-state index is 0.371. The first-order valence-corrected chi connectivity index (χ1v) is 6.84. The molecule has 0 aliphatic rings. The second-order valence-electron chi connectivity index (χ2n) is 4.91. The van der Waals surface area contributed by atoms with E-state index in [1.165, 1.54) is 0 Å². The Labute approximate surface area is 114 Å². The minimum atomic E-state index is -1.11. The summed E-state index contributed by atoms with van der Waals surface area (Å²) < 4.78 is 0. The first-order valence-electron chi connectivity index (χ1n) is 6.84. The lowest BCUT2D eigenvalue weighted by Crippen LogP contribution is -2.49. The molecule has 0 rings (SSSR count). The van der Waals surface area contributed by atoms with Gasteiger partial charge >= 0.3 is 5.97 Å². The van der Waals surface area contributed by atoms with Crippen LogP contribution in [0.25, 0.3) is 0 Å². The highest BCUT2D eigenvalue weighted by Gasteiger charge is 2.22. The maximum absolute atomic E-state index is 11.7. The summed E-state index contributed by atoms with van der Waals surface area (Å²) in [7, 11) is 0. The van der Waals surface area contributed by atoms with Gasteiger partial charge in [-0.05, 0) is 13.3 Å². The van der Waals surface area contributed by atoms with Crippen molar-refractivity contribution in [2.75, 3.05) is 0 Å². The lowest BCUT2D eigenvalue weighted by atomic mass is 10.0. The van der Waals surface area contributed by atoms with Gasteiger partial charge in [0, 0.05) is 0 Å². The van der Waals surface area contributed by atoms with Gasteiger partial charge < -0.3 is 21.3 Å². The highest BCUT2D eigenvalue weighted by molar-refractivity contribution is 5.86. The molecule has 0 aromatic carbocycles. The first-order chi connectivity index (χ1) is 8.88. The van der Waals surface area contributed by atoms with E-state index in [4.69, 9.17) is 10.8 Å². The Morgan fingerprint density at radius 2 is 1.89 bits per heavy atom. The molecule has 5 N–H and O–H groups in total. The van der Waals surface area contributed by atoms with Crippen molar-refractivity contribution in [3.8, 4) is 0 Å². The number of aliphatic hydroxyl groups is 1. The summed E-state index contributed by atoms with van der Waals surface area (Å²) in [6.07, 6.45) is 3.79. The van der Waals surface area contributed by atoms with Crippen LogP contribution in [-0.4, -0.2) is 40.3 Å². The molecule has 0 aliphatic heterocycles. The lowest BCUT2D eigenvalue weighted by Gasteiger charge is -2.23. The van der Waals surface area contributed by atoms with Crippen LogP contribution in [-0.2, 0) is 9.59 Å². The third-order valence-corrected chi connectivity index (χ3v) is 3.01. The van der Waals surface area contributed by atoms with E-state index >= 15 is 0 Å². The van der Waals surface area contributed by atoms with Crippen LogP contribution in [0.15, 0.2) is 0 Å². The van der Waals surface area contributed by atoms with Gasteiger partial charge in [-0.2, -0.15) is 0 Å². The van der Waals surface area contributed by atoms with E-state index in [1.807, 2.05) is 0 Å². The van der Waals surface area contributed by atoms with Crippen molar-refractivity contribution in [2.24, 2.45) is 5.73 Å². The maximum atomic E-state index is 11.7. The van der Waals surface area contributed by atoms with Gasteiger partial charge in [-0.3, -0.25) is 9.59 Å². The molecular formula is C13H26N2O4. The van der Waals surface area contributed by atoms with Gasteiger partial charge in [0.05, 0.1) is 24.6 Å². The van der Waals surface area contributed by atoms with Crippen LogP contribution in [0.1, 0.15) is 52.4 Å². The molecule has 0 fully saturated rings. The second kappa shape index (κ2) is 9.75. The average Bonchev–Trinajstić information content (AvgIpc) is 2.31. The van der Waals surface area contributed by atoms with Gasteiger partial charge in [-0.1, -0.05) is 32.6 Å². The van der Waals surface area contributed by atoms with Gasteiger partial charge in [0.1, 0.15) is 0 Å². The number of hydrogen-bond donors (Lipinski definition) is 4. The Hall–Kier alpha value is -1.14. The molecule has 0 saturated carbocycles. The molecule has 0 saturated heterocycles. The molecule has 6 heteroatoms. The van der Waals surface area contributed by atoms with Crippen molar-refractivity contribution in [3.63, 3.8) is 0 Å². The van der Waals surface area contributed by atoms with Crippen molar-refractivity contribution >= 4 is 11.9 Å². The Morgan fingerprint density at radius 3 is 2.37 bits per heavy atom. The van der Waals surface area contributed by atoms with Crippen molar-refractivity contribution in [2.45, 2.75) is 70.6 Å². The molecule has 1 amide bonds. The fraction of sp³-hybridized carbons (Fsp3) is 0.846. The molecule has 112 valence electrons. The molecule has 0 spiro atoms. The van der Waals surface area contributed by atoms with E-state index in [9.17, 15) is 14.7 Å². The van der Waals surface area contributed by atoms with Gasteiger partial charge in [0.15, 0.2) is 0 Å². The molecule has 0 heterocycles. The van der Waals surface area contributed by atoms with E-state index in [1.54, 1.807) is 6.92 Å². The zero-order chi connectivity index (χ0) is 14.8. The van der Waals surface area contributed by atoms with Crippen molar-refractivity contribution < 1.29 is 19.8 Å². The Kier molecular flexibility index (Phi) is 9.16. The van der Waals surface area contributed by atoms with Crippen molar-refractivity contribution in [1.29, 1.82) is 0 Å². The Balaban J connectivity index is 4.18. The lowest BCUT2D eigenvalue weighted by molar-refractivity contribution is -0.139. The predicted octanol–water partition coefficient (Wildman–Crippen LogP) is 0.624. The smallest absolute Gasteiger partial charge is 0.305 e. The highest BCUT2D eigenvalue weighted by atomic mass is 16.4. The molecule has 0 aromatic heterocycles. The summed E-state index contributed by atoms with van der Waals surface area (Å²) in [6, 6.07) is -1.45. The van der Waals surface area contributed by atoms with Crippen LogP contribution in [0.3, 0.4) is 0 Å². The van der Waals surface area contributed by atoms with Crippen LogP contribution in [0, 0.1) is 0 Å². The molecule has 0 unspecified atom stereocenters. The summed E-state index contributed by atoms with van der Waals surface area (Å²) >= 11 is 0. The number of nitrogens with one attached hydrogen (secondary N) is 1. The number of carboxylic acids is 1. The summed E-state index contributed by atoms with van der Waals surface area (Å²) in [4.78, 5) is 22.1. The summed E-state index contributed by atoms with van der Waals surface area (Å²) in [5.41, 5.74) is 5.47. The number of rotatable bonds is 10. The van der Waals surface area contributed by atoms with Crippen LogP contribution in [0.5, 0.6) is 0 Å². The fourth-order valence-electron chi connectivity index (χ4n) is 1.80. The third-order valence-electron chi connectivity index (χ3n) is 3.01. The van der Waals surface area contributed by atoms with Gasteiger partial charge in [-0.25, -0.2) is 0 Å². The van der Waals surface area contributed by atoms with Crippen LogP contribution in [0.2, 0.25) is 0 Å². The first kappa shape index (κ1) is 17.9. The van der Waals surface area contributed by atoms with E-state index in [-0.39, 0.29) is 6.04 Å². The highest BCUT2D eigenvalue weighted by Crippen LogP contribution is 2.08. The zero-order valence-corrected chi connectivity index (χ0v) is 11.8. The summed E-state index contributed by atoms with van der Waals surface area (Å²) in [5, 5.41) is 20.8. The number of nitrogens with two attached hydrogens (primary N) is 1. The largest absolute Gasteiger partial charge is 0.481 e. The molecule has 0 aliphatic carbocycles. The quantitative estimate of drug-likeness (QED) is 0.436. The van der Waals surface area contributed by atoms with E-state index in [0.29, 0.717) is 6.42 Å². The van der Waals surface area contributed by atoms with Crippen LogP contribution in [0.4, 0.5) is 0 Å². The maximum Gasteiger partial charge on any atom is 0.305 e. The Bertz CT molecular complexity index is 282. The number of carboxylic acid groups (broad SMARTS) is 1. The standard InChI is InChI=1S/C13H26N2O4/c1-3-4-5-6-7-11(9(2)16)15-13(19)10(14)8-12(17)18/h9-11,16H,3-8,14H2,1-2H3,(H,15,19)(H,17,18)/t9-,10-,11-/m0/s1. The minimum Gasteiger partial charge on any atom is -0.481 e. The number of amides is 1. The molecule has 0 aromatic rings. The molecule has 6 nitrogen and oxygen atoms in total. The molecule has 0 bridgehead atoms. The van der Waals surface area contributed by atoms with E-state index in [0.717, 1.165) is 25.7 Å². The van der Waals surface area contributed by atoms with Gasteiger partial charge in [-0.15, -0.1) is 0 Å². The van der Waals surface area contributed by atoms with Crippen molar-refractivity contribution in [1.82, 2.24) is 5.32 Å². The number of hydrogen-bond acceptors (Lipinski definition) is 4. The number of carbonyl (C=O) groups is 2. The SMILES string of the molecule is CCCCCC[C@H](NC(=O)[C@@H](N)CC(=O)O)[C@H](C)O. The number of carbonyl (C=O) groups excluding carboxylic acids is 1. The van der Waals surface area contributed by atoms with Crippen LogP contribution >= 0.6 is 0 Å². The second-order valence-corrected chi connectivity index (χ2v) is 4.91. The fourth-order valence-corrected chi connectivity index (χ4v) is 1.80. The summed E-state index contributed by atoms with van der Waals surface area (Å²) in [5.74, 6) is -1.64. The predicted molar refractivity (Wildman–Crippen MR) is 72.6 cm³/mol. The number of aliphatic carboxylic acids is 1. The normalized spacial score (nSPS) is 15.6. The number of unbranched alkanes of at least 4 members (excludes halogenated alkanes) is 3. The van der Waals surface area contributed by atoms with Gasteiger partial charge in [0.2, 0.25) is 5.91 Å².